The molecule has 0 saturated heterocycles. The number of fused-ring (bicyclic) bond motifs is 7. The van der Waals surface area contributed by atoms with Crippen molar-refractivity contribution in [3.05, 3.63) is 158 Å². The zero-order chi connectivity index (χ0) is 29.0. The number of pyridine rings is 2. The van der Waals surface area contributed by atoms with Gasteiger partial charge in [-0.05, 0) is 78.8 Å². The van der Waals surface area contributed by atoms with Gasteiger partial charge in [0.05, 0.1) is 16.7 Å². The highest BCUT2D eigenvalue weighted by atomic mass is 14.8. The van der Waals surface area contributed by atoms with Crippen molar-refractivity contribution in [1.82, 2.24) is 9.97 Å². The molecule has 0 unspecified atom stereocenters. The predicted molar refractivity (Wildman–Crippen MR) is 186 cm³/mol. The summed E-state index contributed by atoms with van der Waals surface area (Å²) < 4.78 is 0. The summed E-state index contributed by atoms with van der Waals surface area (Å²) in [4.78, 5) is 9.84. The van der Waals surface area contributed by atoms with Crippen molar-refractivity contribution in [2.24, 2.45) is 0 Å². The van der Waals surface area contributed by atoms with E-state index < -0.39 is 0 Å². The first-order valence-corrected chi connectivity index (χ1v) is 15.0. The first-order valence-electron chi connectivity index (χ1n) is 15.0. The number of hydrogen-bond acceptors (Lipinski definition) is 2. The number of aromatic nitrogens is 2. The maximum Gasteiger partial charge on any atom is 0.0972 e. The number of rotatable bonds is 3. The summed E-state index contributed by atoms with van der Waals surface area (Å²) in [7, 11) is 0. The Kier molecular flexibility index (Phi) is 5.54. The van der Waals surface area contributed by atoms with E-state index in [-0.39, 0.29) is 0 Å². The van der Waals surface area contributed by atoms with Crippen LogP contribution in [0, 0.1) is 0 Å². The monoisotopic (exact) mass is 558 g/mol. The molecule has 0 radical (unpaired) electrons. The highest BCUT2D eigenvalue weighted by Crippen LogP contribution is 2.39. The fraction of sp³-hybridized carbons (Fsp3) is 0. The molecule has 0 bridgehead atoms. The third kappa shape index (κ3) is 3.89. The van der Waals surface area contributed by atoms with Crippen LogP contribution in [0.4, 0.5) is 0 Å². The molecule has 0 aliphatic rings. The van der Waals surface area contributed by atoms with Crippen molar-refractivity contribution in [2.45, 2.75) is 0 Å². The number of benzene rings is 7. The lowest BCUT2D eigenvalue weighted by atomic mass is 9.90. The third-order valence-corrected chi connectivity index (χ3v) is 8.88. The van der Waals surface area contributed by atoms with E-state index in [0.717, 1.165) is 33.1 Å². The molecule has 2 nitrogen and oxygen atoms in total. The molecule has 0 atom stereocenters. The van der Waals surface area contributed by atoms with Crippen LogP contribution in [0.3, 0.4) is 0 Å². The van der Waals surface area contributed by atoms with Gasteiger partial charge >= 0.3 is 0 Å². The van der Waals surface area contributed by atoms with Crippen molar-refractivity contribution in [3.8, 4) is 33.5 Å². The third-order valence-electron chi connectivity index (χ3n) is 8.88. The van der Waals surface area contributed by atoms with Gasteiger partial charge in [-0.15, -0.1) is 0 Å². The van der Waals surface area contributed by atoms with Gasteiger partial charge in [-0.2, -0.15) is 0 Å². The highest BCUT2D eigenvalue weighted by molar-refractivity contribution is 6.14. The largest absolute Gasteiger partial charge is 0.254 e. The summed E-state index contributed by atoms with van der Waals surface area (Å²) in [6, 6.07) is 54.5. The standard InChI is InChI=1S/C42H26N2/c1-2-13-32-31(9-1)26-39(37-17-6-4-14-34(32)37)30-11-7-10-29(25-30)33-21-22-38(36-16-5-3-15-35(33)36)40-23-20-28-19-18-27-12-8-24-43-41(27)42(28)44-40/h1-26H. The van der Waals surface area contributed by atoms with Gasteiger partial charge in [-0.3, -0.25) is 4.98 Å². The first-order chi connectivity index (χ1) is 21.8. The lowest BCUT2D eigenvalue weighted by molar-refractivity contribution is 1.37. The predicted octanol–water partition coefficient (Wildman–Crippen LogP) is 11.2. The van der Waals surface area contributed by atoms with E-state index in [2.05, 4.69) is 151 Å². The molecular formula is C42H26N2. The van der Waals surface area contributed by atoms with E-state index in [1.165, 1.54) is 54.6 Å². The quantitative estimate of drug-likeness (QED) is 0.202. The molecule has 9 rings (SSSR count). The van der Waals surface area contributed by atoms with Gasteiger partial charge < -0.3 is 0 Å². The summed E-state index contributed by atoms with van der Waals surface area (Å²) in [5.41, 5.74) is 8.82. The summed E-state index contributed by atoms with van der Waals surface area (Å²) >= 11 is 0. The Hall–Kier alpha value is -5.86. The summed E-state index contributed by atoms with van der Waals surface area (Å²) in [5.74, 6) is 0. The van der Waals surface area contributed by atoms with Gasteiger partial charge in [0.25, 0.3) is 0 Å². The van der Waals surface area contributed by atoms with E-state index in [9.17, 15) is 0 Å². The topological polar surface area (TPSA) is 25.8 Å². The lowest BCUT2D eigenvalue weighted by Gasteiger charge is -2.15. The normalized spacial score (nSPS) is 11.6. The minimum Gasteiger partial charge on any atom is -0.254 e. The molecule has 2 heteroatoms. The molecule has 2 heterocycles. The molecule has 0 amide bonds. The summed E-state index contributed by atoms with van der Waals surface area (Å²) in [6.07, 6.45) is 1.84. The Morgan fingerprint density at radius 2 is 0.932 bits per heavy atom. The van der Waals surface area contributed by atoms with E-state index in [1.807, 2.05) is 12.3 Å². The second-order valence-electron chi connectivity index (χ2n) is 11.4. The SMILES string of the molecule is c1cc(-c2ccc(-c3ccc4ccc5cccnc5c4n3)c3ccccc23)cc(-c2cc3ccccc3c3ccccc23)c1. The molecule has 0 fully saturated rings. The molecule has 0 saturated carbocycles. The molecule has 9 aromatic rings. The van der Waals surface area contributed by atoms with Gasteiger partial charge in [0.1, 0.15) is 0 Å². The summed E-state index contributed by atoms with van der Waals surface area (Å²) in [6.45, 7) is 0. The molecule has 44 heavy (non-hydrogen) atoms. The van der Waals surface area contributed by atoms with Crippen molar-refractivity contribution in [1.29, 1.82) is 0 Å². The summed E-state index contributed by atoms with van der Waals surface area (Å²) in [5, 5.41) is 9.69. The minimum absolute atomic E-state index is 0.934. The van der Waals surface area contributed by atoms with E-state index >= 15 is 0 Å². The van der Waals surface area contributed by atoms with Crippen LogP contribution in [0.5, 0.6) is 0 Å². The first kappa shape index (κ1) is 24.7. The molecule has 2 aromatic heterocycles. The highest BCUT2D eigenvalue weighted by Gasteiger charge is 2.14. The van der Waals surface area contributed by atoms with Crippen LogP contribution in [-0.4, -0.2) is 9.97 Å². The van der Waals surface area contributed by atoms with Crippen LogP contribution < -0.4 is 0 Å². The number of nitrogens with zero attached hydrogens (tertiary/aromatic N) is 2. The van der Waals surface area contributed by atoms with Crippen molar-refractivity contribution in [2.75, 3.05) is 0 Å². The van der Waals surface area contributed by atoms with Crippen LogP contribution in [-0.2, 0) is 0 Å². The van der Waals surface area contributed by atoms with Gasteiger partial charge in [0, 0.05) is 22.5 Å². The van der Waals surface area contributed by atoms with Crippen LogP contribution >= 0.6 is 0 Å². The maximum atomic E-state index is 5.17. The van der Waals surface area contributed by atoms with Gasteiger partial charge in [0.15, 0.2) is 0 Å². The molecule has 204 valence electrons. The zero-order valence-electron chi connectivity index (χ0n) is 23.9. The molecule has 0 aliphatic carbocycles. The molecule has 0 aliphatic heterocycles. The Bertz CT molecular complexity index is 2560. The van der Waals surface area contributed by atoms with E-state index in [1.54, 1.807) is 0 Å². The van der Waals surface area contributed by atoms with Crippen molar-refractivity contribution in [3.63, 3.8) is 0 Å². The van der Waals surface area contributed by atoms with Gasteiger partial charge in [-0.25, -0.2) is 4.98 Å². The van der Waals surface area contributed by atoms with Crippen LogP contribution in [0.25, 0.3) is 87.6 Å². The van der Waals surface area contributed by atoms with Crippen LogP contribution in [0.1, 0.15) is 0 Å². The van der Waals surface area contributed by atoms with Crippen molar-refractivity contribution < 1.29 is 0 Å². The average Bonchev–Trinajstić information content (AvgIpc) is 3.10. The fourth-order valence-electron chi connectivity index (χ4n) is 6.80. The number of hydrogen-bond donors (Lipinski definition) is 0. The fourth-order valence-corrected chi connectivity index (χ4v) is 6.80. The van der Waals surface area contributed by atoms with Crippen LogP contribution in [0.2, 0.25) is 0 Å². The van der Waals surface area contributed by atoms with Crippen LogP contribution in [0.15, 0.2) is 158 Å². The zero-order valence-corrected chi connectivity index (χ0v) is 23.9. The Morgan fingerprint density at radius 1 is 0.341 bits per heavy atom. The van der Waals surface area contributed by atoms with E-state index in [4.69, 9.17) is 4.98 Å². The lowest BCUT2D eigenvalue weighted by Crippen LogP contribution is -1.91. The minimum atomic E-state index is 0.934. The van der Waals surface area contributed by atoms with Gasteiger partial charge in [0.2, 0.25) is 0 Å². The Morgan fingerprint density at radius 3 is 1.75 bits per heavy atom. The van der Waals surface area contributed by atoms with Crippen molar-refractivity contribution >= 4 is 54.1 Å². The molecule has 0 N–H and O–H groups in total. The second-order valence-corrected chi connectivity index (χ2v) is 11.4. The Labute approximate surface area is 254 Å². The Balaban J connectivity index is 1.22. The molecule has 0 spiro atoms. The average molecular weight is 559 g/mol. The van der Waals surface area contributed by atoms with E-state index in [0.29, 0.717) is 0 Å². The maximum absolute atomic E-state index is 5.17. The molecule has 7 aromatic carbocycles. The van der Waals surface area contributed by atoms with Gasteiger partial charge in [-0.1, -0.05) is 127 Å². The second kappa shape index (κ2) is 9.86. The smallest absolute Gasteiger partial charge is 0.0972 e. The molecular weight excluding hydrogens is 532 g/mol.